The van der Waals surface area contributed by atoms with Gasteiger partial charge in [-0.25, -0.2) is 5.10 Å². The average molecular weight is 138 g/mol. The fraction of sp³-hybridized carbons (Fsp3) is 0.429. The van der Waals surface area contributed by atoms with E-state index in [2.05, 4.69) is 10.2 Å². The van der Waals surface area contributed by atoms with Crippen LogP contribution < -0.4 is 5.56 Å². The van der Waals surface area contributed by atoms with Crippen LogP contribution >= 0.6 is 0 Å². The van der Waals surface area contributed by atoms with Crippen LogP contribution in [-0.2, 0) is 0 Å². The molecule has 0 fully saturated rings. The van der Waals surface area contributed by atoms with Crippen molar-refractivity contribution in [2.75, 3.05) is 0 Å². The molecule has 3 heteroatoms. The van der Waals surface area contributed by atoms with Crippen LogP contribution in [0.1, 0.15) is 16.8 Å². The molecule has 0 aliphatic heterocycles. The first-order valence-electron chi connectivity index (χ1n) is 3.15. The summed E-state index contributed by atoms with van der Waals surface area (Å²) in [5.74, 6) is 0. The molecule has 0 bridgehead atoms. The number of aromatic amines is 1. The maximum atomic E-state index is 10.9. The summed E-state index contributed by atoms with van der Waals surface area (Å²) in [5.41, 5.74) is 2.52. The Labute approximate surface area is 59.1 Å². The van der Waals surface area contributed by atoms with Crippen LogP contribution in [0.5, 0.6) is 0 Å². The van der Waals surface area contributed by atoms with Crippen molar-refractivity contribution in [3.05, 3.63) is 27.2 Å². The SMILES string of the molecule is Cc1n[nH]c(=O)c(C)c1C. The number of H-pyrrole nitrogens is 1. The lowest BCUT2D eigenvalue weighted by Crippen LogP contribution is -2.14. The van der Waals surface area contributed by atoms with Gasteiger partial charge in [0.25, 0.3) is 5.56 Å². The van der Waals surface area contributed by atoms with Gasteiger partial charge in [0, 0.05) is 5.56 Å². The van der Waals surface area contributed by atoms with Crippen LogP contribution in [0.4, 0.5) is 0 Å². The normalized spacial score (nSPS) is 9.90. The van der Waals surface area contributed by atoms with Gasteiger partial charge in [-0.2, -0.15) is 5.10 Å². The van der Waals surface area contributed by atoms with Gasteiger partial charge in [-0.05, 0) is 26.3 Å². The van der Waals surface area contributed by atoms with Crippen molar-refractivity contribution in [1.29, 1.82) is 0 Å². The molecule has 0 aliphatic carbocycles. The summed E-state index contributed by atoms with van der Waals surface area (Å²) in [4.78, 5) is 10.9. The molecule has 1 N–H and O–H groups in total. The second-order valence-corrected chi connectivity index (χ2v) is 2.39. The summed E-state index contributed by atoms with van der Waals surface area (Å²) in [7, 11) is 0. The minimum Gasteiger partial charge on any atom is -0.268 e. The molecule has 0 aliphatic rings. The molecule has 54 valence electrons. The lowest BCUT2D eigenvalue weighted by Gasteiger charge is -1.98. The quantitative estimate of drug-likeness (QED) is 0.573. The second kappa shape index (κ2) is 2.25. The van der Waals surface area contributed by atoms with Crippen LogP contribution in [0.2, 0.25) is 0 Å². The van der Waals surface area contributed by atoms with E-state index in [0.29, 0.717) is 0 Å². The molecule has 0 spiro atoms. The molecule has 1 aromatic rings. The predicted octanol–water partition coefficient (Wildman–Crippen LogP) is 0.695. The summed E-state index contributed by atoms with van der Waals surface area (Å²) in [6.45, 7) is 5.56. The molecular formula is C7H10N2O. The molecule has 0 radical (unpaired) electrons. The molecule has 1 rings (SSSR count). The van der Waals surface area contributed by atoms with Gasteiger partial charge in [0.2, 0.25) is 0 Å². The molecule has 0 aromatic carbocycles. The van der Waals surface area contributed by atoms with Gasteiger partial charge in [0.15, 0.2) is 0 Å². The Hall–Kier alpha value is -1.12. The van der Waals surface area contributed by atoms with Gasteiger partial charge in [-0.3, -0.25) is 4.79 Å². The number of hydrogen-bond acceptors (Lipinski definition) is 2. The summed E-state index contributed by atoms with van der Waals surface area (Å²) in [6.07, 6.45) is 0. The van der Waals surface area contributed by atoms with E-state index in [4.69, 9.17) is 0 Å². The van der Waals surface area contributed by atoms with E-state index in [9.17, 15) is 4.79 Å². The summed E-state index contributed by atoms with van der Waals surface area (Å²) >= 11 is 0. The summed E-state index contributed by atoms with van der Waals surface area (Å²) < 4.78 is 0. The number of aryl methyl sites for hydroxylation is 1. The van der Waals surface area contributed by atoms with Crippen molar-refractivity contribution in [1.82, 2.24) is 10.2 Å². The zero-order valence-corrected chi connectivity index (χ0v) is 6.36. The average Bonchev–Trinajstić information content (AvgIpc) is 1.93. The third-order valence-corrected chi connectivity index (χ3v) is 1.77. The van der Waals surface area contributed by atoms with E-state index in [1.165, 1.54) is 0 Å². The third-order valence-electron chi connectivity index (χ3n) is 1.77. The highest BCUT2D eigenvalue weighted by atomic mass is 16.1. The van der Waals surface area contributed by atoms with Crippen LogP contribution in [0, 0.1) is 20.8 Å². The Morgan fingerprint density at radius 1 is 1.20 bits per heavy atom. The van der Waals surface area contributed by atoms with Crippen LogP contribution in [0.25, 0.3) is 0 Å². The number of hydrogen-bond donors (Lipinski definition) is 1. The number of nitrogens with one attached hydrogen (secondary N) is 1. The smallest absolute Gasteiger partial charge is 0.267 e. The second-order valence-electron chi connectivity index (χ2n) is 2.39. The van der Waals surface area contributed by atoms with Crippen LogP contribution in [0.3, 0.4) is 0 Å². The minimum atomic E-state index is -0.0944. The molecule has 0 unspecified atom stereocenters. The molecule has 0 amide bonds. The maximum absolute atomic E-state index is 10.9. The highest BCUT2D eigenvalue weighted by Crippen LogP contribution is 2.01. The van der Waals surface area contributed by atoms with Gasteiger partial charge in [0.05, 0.1) is 5.69 Å². The largest absolute Gasteiger partial charge is 0.268 e. The summed E-state index contributed by atoms with van der Waals surface area (Å²) in [5, 5.41) is 6.20. The molecular weight excluding hydrogens is 128 g/mol. The molecule has 1 heterocycles. The molecule has 0 atom stereocenters. The van der Waals surface area contributed by atoms with Crippen molar-refractivity contribution in [2.24, 2.45) is 0 Å². The lowest BCUT2D eigenvalue weighted by molar-refractivity contribution is 0.909. The number of nitrogens with zero attached hydrogens (tertiary/aromatic N) is 1. The van der Waals surface area contributed by atoms with Gasteiger partial charge in [-0.1, -0.05) is 0 Å². The molecule has 3 nitrogen and oxygen atoms in total. The van der Waals surface area contributed by atoms with E-state index >= 15 is 0 Å². The van der Waals surface area contributed by atoms with E-state index in [1.807, 2.05) is 13.8 Å². The first kappa shape index (κ1) is 6.99. The fourth-order valence-corrected chi connectivity index (χ4v) is 0.744. The maximum Gasteiger partial charge on any atom is 0.267 e. The zero-order chi connectivity index (χ0) is 7.72. The third kappa shape index (κ3) is 0.943. The monoisotopic (exact) mass is 138 g/mol. The Morgan fingerprint density at radius 2 is 1.80 bits per heavy atom. The Balaban J connectivity index is 3.49. The predicted molar refractivity (Wildman–Crippen MR) is 39.1 cm³/mol. The fourth-order valence-electron chi connectivity index (χ4n) is 0.744. The van der Waals surface area contributed by atoms with Crippen LogP contribution in [-0.4, -0.2) is 10.2 Å². The Morgan fingerprint density at radius 3 is 2.30 bits per heavy atom. The van der Waals surface area contributed by atoms with E-state index in [-0.39, 0.29) is 5.56 Å². The molecule has 1 aromatic heterocycles. The van der Waals surface area contributed by atoms with Crippen molar-refractivity contribution >= 4 is 0 Å². The van der Waals surface area contributed by atoms with E-state index in [0.717, 1.165) is 16.8 Å². The first-order valence-corrected chi connectivity index (χ1v) is 3.15. The van der Waals surface area contributed by atoms with Crippen molar-refractivity contribution in [3.8, 4) is 0 Å². The number of rotatable bonds is 0. The van der Waals surface area contributed by atoms with Gasteiger partial charge >= 0.3 is 0 Å². The molecule has 10 heavy (non-hydrogen) atoms. The Bertz CT molecular complexity index is 301. The van der Waals surface area contributed by atoms with Crippen LogP contribution in [0.15, 0.2) is 4.79 Å². The van der Waals surface area contributed by atoms with Crippen molar-refractivity contribution in [3.63, 3.8) is 0 Å². The Kier molecular flexibility index (Phi) is 1.57. The van der Waals surface area contributed by atoms with Crippen molar-refractivity contribution in [2.45, 2.75) is 20.8 Å². The van der Waals surface area contributed by atoms with E-state index < -0.39 is 0 Å². The first-order chi connectivity index (χ1) is 4.63. The highest BCUT2D eigenvalue weighted by molar-refractivity contribution is 5.23. The van der Waals surface area contributed by atoms with Crippen molar-refractivity contribution < 1.29 is 0 Å². The summed E-state index contributed by atoms with van der Waals surface area (Å²) in [6, 6.07) is 0. The van der Waals surface area contributed by atoms with Gasteiger partial charge < -0.3 is 0 Å². The highest BCUT2D eigenvalue weighted by Gasteiger charge is 1.99. The van der Waals surface area contributed by atoms with Gasteiger partial charge in [-0.15, -0.1) is 0 Å². The minimum absolute atomic E-state index is 0.0944. The number of aromatic nitrogens is 2. The van der Waals surface area contributed by atoms with E-state index in [1.54, 1.807) is 6.92 Å². The topological polar surface area (TPSA) is 45.8 Å². The standard InChI is InChI=1S/C7H10N2O/c1-4-5(2)7(10)9-8-6(4)3/h1-3H3,(H,9,10). The molecule has 0 saturated heterocycles. The zero-order valence-electron chi connectivity index (χ0n) is 6.36. The molecule has 0 saturated carbocycles. The lowest BCUT2D eigenvalue weighted by atomic mass is 10.1. The van der Waals surface area contributed by atoms with Gasteiger partial charge in [0.1, 0.15) is 0 Å².